The van der Waals surface area contributed by atoms with Crippen molar-refractivity contribution in [1.29, 1.82) is 0 Å². The zero-order valence-electron chi connectivity index (χ0n) is 12.9. The molecule has 2 N–H and O–H groups in total. The molecule has 1 aromatic heterocycles. The molecule has 0 bridgehead atoms. The third-order valence-electron chi connectivity index (χ3n) is 3.82. The van der Waals surface area contributed by atoms with Crippen molar-refractivity contribution in [3.63, 3.8) is 0 Å². The van der Waals surface area contributed by atoms with E-state index >= 15 is 0 Å². The van der Waals surface area contributed by atoms with Crippen molar-refractivity contribution in [1.82, 2.24) is 10.3 Å². The molecular formula is C17H21Cl2N3O. The molecule has 0 radical (unpaired) electrons. The molecule has 4 nitrogen and oxygen atoms in total. The van der Waals surface area contributed by atoms with Crippen LogP contribution in [0.15, 0.2) is 42.6 Å². The van der Waals surface area contributed by atoms with Crippen LogP contribution in [0, 0.1) is 0 Å². The quantitative estimate of drug-likeness (QED) is 0.882. The molecule has 0 saturated heterocycles. The Kier molecular flexibility index (Phi) is 7.33. The molecule has 0 spiro atoms. The van der Waals surface area contributed by atoms with Gasteiger partial charge >= 0.3 is 0 Å². The maximum atomic E-state index is 12.5. The van der Waals surface area contributed by atoms with E-state index in [9.17, 15) is 4.79 Å². The van der Waals surface area contributed by atoms with Crippen molar-refractivity contribution in [3.05, 3.63) is 59.4 Å². The number of hydrogen-bond donors (Lipinski definition) is 2. The van der Waals surface area contributed by atoms with Gasteiger partial charge in [0.15, 0.2) is 0 Å². The molecule has 3 rings (SSSR count). The Morgan fingerprint density at radius 2 is 2.04 bits per heavy atom. The first-order chi connectivity index (χ1) is 10.3. The van der Waals surface area contributed by atoms with Gasteiger partial charge in [0.05, 0.1) is 11.7 Å². The number of rotatable bonds is 3. The topological polar surface area (TPSA) is 54.0 Å². The van der Waals surface area contributed by atoms with Gasteiger partial charge in [0.25, 0.3) is 5.91 Å². The molecule has 0 aliphatic carbocycles. The number of nitrogens with zero attached hydrogens (tertiary/aromatic N) is 1. The summed E-state index contributed by atoms with van der Waals surface area (Å²) in [6.45, 7) is 2.93. The highest BCUT2D eigenvalue weighted by molar-refractivity contribution is 5.97. The first kappa shape index (κ1) is 19.3. The third-order valence-corrected chi connectivity index (χ3v) is 3.82. The van der Waals surface area contributed by atoms with Gasteiger partial charge in [-0.3, -0.25) is 9.78 Å². The second-order valence-electron chi connectivity index (χ2n) is 5.31. The van der Waals surface area contributed by atoms with Crippen LogP contribution in [-0.4, -0.2) is 17.4 Å². The predicted octanol–water partition coefficient (Wildman–Crippen LogP) is 3.77. The standard InChI is InChI=1S/C17H19N3O.2ClH/c1-12(15-8-2-3-10-18-15)20-17(21)14-6-4-9-16-13(14)7-5-11-19-16;;/h2-4,6,8-10,12,19H,5,7,11H2,1H3,(H,20,21);2*1H. The van der Waals surface area contributed by atoms with Gasteiger partial charge in [-0.05, 0) is 49.6 Å². The number of fused-ring (bicyclic) bond motifs is 1. The fourth-order valence-electron chi connectivity index (χ4n) is 2.70. The van der Waals surface area contributed by atoms with Crippen molar-refractivity contribution < 1.29 is 4.79 Å². The van der Waals surface area contributed by atoms with Gasteiger partial charge in [-0.1, -0.05) is 12.1 Å². The molecule has 1 atom stereocenters. The van der Waals surface area contributed by atoms with Gasteiger partial charge in [-0.2, -0.15) is 0 Å². The monoisotopic (exact) mass is 353 g/mol. The predicted molar refractivity (Wildman–Crippen MR) is 97.9 cm³/mol. The van der Waals surface area contributed by atoms with Gasteiger partial charge in [0.1, 0.15) is 0 Å². The minimum absolute atomic E-state index is 0. The number of halogens is 2. The van der Waals surface area contributed by atoms with Crippen LogP contribution >= 0.6 is 24.8 Å². The van der Waals surface area contributed by atoms with Gasteiger partial charge in [0, 0.05) is 24.0 Å². The summed E-state index contributed by atoms with van der Waals surface area (Å²) >= 11 is 0. The molecule has 23 heavy (non-hydrogen) atoms. The van der Waals surface area contributed by atoms with E-state index in [-0.39, 0.29) is 36.8 Å². The number of carbonyl (C=O) groups is 1. The van der Waals surface area contributed by atoms with Crippen LogP contribution in [0.5, 0.6) is 0 Å². The first-order valence-electron chi connectivity index (χ1n) is 7.33. The number of amides is 1. The molecule has 0 saturated carbocycles. The summed E-state index contributed by atoms with van der Waals surface area (Å²) in [4.78, 5) is 16.8. The van der Waals surface area contributed by atoms with Crippen LogP contribution in [0.1, 0.15) is 41.0 Å². The summed E-state index contributed by atoms with van der Waals surface area (Å²) in [5.74, 6) is -0.0336. The molecule has 1 aliphatic rings. The Balaban J connectivity index is 0.00000132. The molecule has 2 aromatic rings. The smallest absolute Gasteiger partial charge is 0.252 e. The summed E-state index contributed by atoms with van der Waals surface area (Å²) in [5, 5.41) is 6.38. The maximum Gasteiger partial charge on any atom is 0.252 e. The lowest BCUT2D eigenvalue weighted by atomic mass is 9.97. The van der Waals surface area contributed by atoms with Crippen molar-refractivity contribution in [2.45, 2.75) is 25.8 Å². The molecule has 1 amide bonds. The summed E-state index contributed by atoms with van der Waals surface area (Å²) in [6, 6.07) is 11.5. The number of hydrogen-bond acceptors (Lipinski definition) is 3. The van der Waals surface area contributed by atoms with Crippen molar-refractivity contribution in [3.8, 4) is 0 Å². The average Bonchev–Trinajstić information content (AvgIpc) is 2.55. The van der Waals surface area contributed by atoms with E-state index in [4.69, 9.17) is 0 Å². The molecule has 1 aromatic carbocycles. The van der Waals surface area contributed by atoms with Crippen LogP contribution < -0.4 is 10.6 Å². The molecular weight excluding hydrogens is 333 g/mol. The van der Waals surface area contributed by atoms with Crippen LogP contribution in [0.25, 0.3) is 0 Å². The Morgan fingerprint density at radius 1 is 1.22 bits per heavy atom. The number of pyridine rings is 1. The van der Waals surface area contributed by atoms with E-state index < -0.39 is 0 Å². The van der Waals surface area contributed by atoms with E-state index in [1.165, 1.54) is 0 Å². The molecule has 2 heterocycles. The lowest BCUT2D eigenvalue weighted by Gasteiger charge is -2.21. The van der Waals surface area contributed by atoms with Crippen molar-refractivity contribution in [2.75, 3.05) is 11.9 Å². The highest BCUT2D eigenvalue weighted by atomic mass is 35.5. The second-order valence-corrected chi connectivity index (χ2v) is 5.31. The van der Waals surface area contributed by atoms with E-state index in [0.29, 0.717) is 0 Å². The molecule has 1 aliphatic heterocycles. The van der Waals surface area contributed by atoms with Gasteiger partial charge < -0.3 is 10.6 Å². The summed E-state index contributed by atoms with van der Waals surface area (Å²) in [6.07, 6.45) is 3.75. The van der Waals surface area contributed by atoms with E-state index in [2.05, 4.69) is 15.6 Å². The summed E-state index contributed by atoms with van der Waals surface area (Å²) in [5.41, 5.74) is 3.84. The third kappa shape index (κ3) is 4.36. The Hall–Kier alpha value is -1.78. The molecule has 6 heteroatoms. The van der Waals surface area contributed by atoms with Gasteiger partial charge in [0.2, 0.25) is 0 Å². The fraction of sp³-hybridized carbons (Fsp3) is 0.294. The zero-order valence-corrected chi connectivity index (χ0v) is 14.5. The number of benzene rings is 1. The van der Waals surface area contributed by atoms with Crippen LogP contribution in [0.3, 0.4) is 0 Å². The summed E-state index contributed by atoms with van der Waals surface area (Å²) < 4.78 is 0. The number of carbonyl (C=O) groups excluding carboxylic acids is 1. The Bertz CT molecular complexity index is 650. The van der Waals surface area contributed by atoms with E-state index in [0.717, 1.165) is 41.9 Å². The van der Waals surface area contributed by atoms with Crippen molar-refractivity contribution >= 4 is 36.4 Å². The van der Waals surface area contributed by atoms with Crippen LogP contribution in [0.4, 0.5) is 5.69 Å². The second kappa shape index (κ2) is 8.75. The zero-order chi connectivity index (χ0) is 14.7. The minimum Gasteiger partial charge on any atom is -0.385 e. The number of anilines is 1. The van der Waals surface area contributed by atoms with Crippen LogP contribution in [-0.2, 0) is 6.42 Å². The maximum absolute atomic E-state index is 12.5. The molecule has 0 fully saturated rings. The van der Waals surface area contributed by atoms with Crippen molar-refractivity contribution in [2.24, 2.45) is 0 Å². The fourth-order valence-corrected chi connectivity index (χ4v) is 2.70. The van der Waals surface area contributed by atoms with E-state index in [1.54, 1.807) is 6.20 Å². The normalized spacial score (nSPS) is 13.4. The highest BCUT2D eigenvalue weighted by Crippen LogP contribution is 2.25. The van der Waals surface area contributed by atoms with Gasteiger partial charge in [-0.25, -0.2) is 0 Å². The highest BCUT2D eigenvalue weighted by Gasteiger charge is 2.19. The van der Waals surface area contributed by atoms with Gasteiger partial charge in [-0.15, -0.1) is 24.8 Å². The lowest BCUT2D eigenvalue weighted by molar-refractivity contribution is 0.0938. The van der Waals surface area contributed by atoms with Crippen LogP contribution in [0.2, 0.25) is 0 Å². The average molecular weight is 354 g/mol. The first-order valence-corrected chi connectivity index (χ1v) is 7.33. The minimum atomic E-state index is -0.105. The Labute approximate surface area is 148 Å². The lowest BCUT2D eigenvalue weighted by Crippen LogP contribution is -2.29. The molecule has 1 unspecified atom stereocenters. The Morgan fingerprint density at radius 3 is 2.78 bits per heavy atom. The van der Waals surface area contributed by atoms with E-state index in [1.807, 2.05) is 43.3 Å². The number of aromatic nitrogens is 1. The number of nitrogens with one attached hydrogen (secondary N) is 2. The summed E-state index contributed by atoms with van der Waals surface area (Å²) in [7, 11) is 0. The SMILES string of the molecule is CC(NC(=O)c1cccc2c1CCCN2)c1ccccn1.Cl.Cl. The largest absolute Gasteiger partial charge is 0.385 e. The molecule has 124 valence electrons.